The summed E-state index contributed by atoms with van der Waals surface area (Å²) in [6.45, 7) is 6.03. The minimum Gasteiger partial charge on any atom is -0.385 e. The first kappa shape index (κ1) is 12.1. The number of aliphatic hydroxyl groups is 1. The molecule has 1 atom stereocenters. The summed E-state index contributed by atoms with van der Waals surface area (Å²) in [5, 5.41) is 10.0. The second kappa shape index (κ2) is 4.73. The molecule has 1 N–H and O–H groups in total. The van der Waals surface area contributed by atoms with Crippen LogP contribution in [0.25, 0.3) is 0 Å². The van der Waals surface area contributed by atoms with Gasteiger partial charge in [-0.1, -0.05) is 12.1 Å². The fourth-order valence-electron chi connectivity index (χ4n) is 1.50. The van der Waals surface area contributed by atoms with Crippen molar-refractivity contribution in [2.24, 2.45) is 0 Å². The molecule has 0 saturated carbocycles. The highest BCUT2D eigenvalue weighted by Crippen LogP contribution is 2.28. The van der Waals surface area contributed by atoms with Gasteiger partial charge >= 0.3 is 0 Å². The minimum atomic E-state index is -0.752. The number of ether oxygens (including phenoxy) is 1. The Balaban J connectivity index is 2.84. The zero-order chi connectivity index (χ0) is 11.5. The van der Waals surface area contributed by atoms with Crippen molar-refractivity contribution in [3.8, 4) is 0 Å². The van der Waals surface area contributed by atoms with Crippen molar-refractivity contribution in [1.29, 1.82) is 0 Å². The first-order chi connectivity index (χ1) is 6.97. The van der Waals surface area contributed by atoms with Crippen LogP contribution in [0.4, 0.5) is 4.39 Å². The van der Waals surface area contributed by atoms with Gasteiger partial charge in [-0.15, -0.1) is 0 Å². The maximum Gasteiger partial charge on any atom is 0.123 e. The van der Waals surface area contributed by atoms with Crippen LogP contribution in [0.2, 0.25) is 0 Å². The average molecular weight is 212 g/mol. The van der Waals surface area contributed by atoms with E-state index in [4.69, 9.17) is 4.74 Å². The Bertz CT molecular complexity index is 306. The fraction of sp³-hybridized carbons (Fsp3) is 0.500. The zero-order valence-corrected chi connectivity index (χ0v) is 9.33. The van der Waals surface area contributed by atoms with Crippen LogP contribution in [-0.4, -0.2) is 17.3 Å². The van der Waals surface area contributed by atoms with Gasteiger partial charge in [-0.25, -0.2) is 4.39 Å². The highest BCUT2D eigenvalue weighted by molar-refractivity contribution is 5.20. The molecule has 1 unspecified atom stereocenters. The van der Waals surface area contributed by atoms with Crippen LogP contribution >= 0.6 is 0 Å². The van der Waals surface area contributed by atoms with Crippen LogP contribution in [0.15, 0.2) is 24.3 Å². The summed E-state index contributed by atoms with van der Waals surface area (Å²) in [4.78, 5) is 0. The molecule has 0 spiro atoms. The van der Waals surface area contributed by atoms with Crippen molar-refractivity contribution in [3.63, 3.8) is 0 Å². The molecular weight excluding hydrogens is 195 g/mol. The Morgan fingerprint density at radius 2 is 1.87 bits per heavy atom. The van der Waals surface area contributed by atoms with Crippen LogP contribution in [-0.2, 0) is 4.74 Å². The Kier molecular flexibility index (Phi) is 3.83. The minimum absolute atomic E-state index is 0.305. The molecule has 0 aliphatic carbocycles. The van der Waals surface area contributed by atoms with Gasteiger partial charge in [-0.05, 0) is 38.5 Å². The SMILES string of the molecule is CCOC(C)(C)C(O)c1ccc(F)cc1. The van der Waals surface area contributed by atoms with Gasteiger partial charge in [-0.3, -0.25) is 0 Å². The van der Waals surface area contributed by atoms with Crippen molar-refractivity contribution < 1.29 is 14.2 Å². The summed E-state index contributed by atoms with van der Waals surface area (Å²) < 4.78 is 18.1. The first-order valence-electron chi connectivity index (χ1n) is 5.05. The van der Waals surface area contributed by atoms with Gasteiger partial charge in [0.05, 0.1) is 5.60 Å². The molecular formula is C12H17FO2. The van der Waals surface area contributed by atoms with E-state index in [9.17, 15) is 9.50 Å². The zero-order valence-electron chi connectivity index (χ0n) is 9.33. The third-order valence-electron chi connectivity index (χ3n) is 2.36. The standard InChI is InChI=1S/C12H17FO2/c1-4-15-12(2,3)11(14)9-5-7-10(13)8-6-9/h5-8,11,14H,4H2,1-3H3. The summed E-state index contributed by atoms with van der Waals surface area (Å²) in [7, 11) is 0. The normalized spacial score (nSPS) is 13.9. The molecule has 1 aromatic carbocycles. The first-order valence-corrected chi connectivity index (χ1v) is 5.05. The van der Waals surface area contributed by atoms with E-state index in [1.165, 1.54) is 12.1 Å². The fourth-order valence-corrected chi connectivity index (χ4v) is 1.50. The van der Waals surface area contributed by atoms with Gasteiger partial charge in [0.1, 0.15) is 11.9 Å². The number of hydrogen-bond acceptors (Lipinski definition) is 2. The van der Waals surface area contributed by atoms with E-state index in [0.717, 1.165) is 0 Å². The van der Waals surface area contributed by atoms with E-state index < -0.39 is 11.7 Å². The number of benzene rings is 1. The van der Waals surface area contributed by atoms with Crippen LogP contribution in [0.1, 0.15) is 32.4 Å². The van der Waals surface area contributed by atoms with Crippen molar-refractivity contribution >= 4 is 0 Å². The number of rotatable bonds is 4. The van der Waals surface area contributed by atoms with E-state index in [1.807, 2.05) is 20.8 Å². The second-order valence-corrected chi connectivity index (χ2v) is 3.99. The molecule has 0 heterocycles. The lowest BCUT2D eigenvalue weighted by Gasteiger charge is -2.30. The van der Waals surface area contributed by atoms with Crippen LogP contribution in [0.5, 0.6) is 0 Å². The van der Waals surface area contributed by atoms with Gasteiger partial charge in [0.15, 0.2) is 0 Å². The van der Waals surface area contributed by atoms with E-state index in [0.29, 0.717) is 12.2 Å². The average Bonchev–Trinajstić information content (AvgIpc) is 2.18. The molecule has 2 nitrogen and oxygen atoms in total. The summed E-state index contributed by atoms with van der Waals surface area (Å²) >= 11 is 0. The lowest BCUT2D eigenvalue weighted by Crippen LogP contribution is -2.32. The molecule has 0 aliphatic heterocycles. The van der Waals surface area contributed by atoms with Crippen molar-refractivity contribution in [3.05, 3.63) is 35.6 Å². The molecule has 0 radical (unpaired) electrons. The maximum absolute atomic E-state index is 12.7. The molecule has 84 valence electrons. The molecule has 0 bridgehead atoms. The Hall–Kier alpha value is -0.930. The smallest absolute Gasteiger partial charge is 0.123 e. The van der Waals surface area contributed by atoms with Crippen molar-refractivity contribution in [2.45, 2.75) is 32.5 Å². The van der Waals surface area contributed by atoms with Crippen molar-refractivity contribution in [2.75, 3.05) is 6.61 Å². The Morgan fingerprint density at radius 1 is 1.33 bits per heavy atom. The maximum atomic E-state index is 12.7. The van der Waals surface area contributed by atoms with Crippen LogP contribution in [0.3, 0.4) is 0 Å². The van der Waals surface area contributed by atoms with Gasteiger partial charge in [0.25, 0.3) is 0 Å². The van der Waals surface area contributed by atoms with Gasteiger partial charge in [0.2, 0.25) is 0 Å². The van der Waals surface area contributed by atoms with E-state index >= 15 is 0 Å². The molecule has 3 heteroatoms. The van der Waals surface area contributed by atoms with Gasteiger partial charge in [-0.2, -0.15) is 0 Å². The van der Waals surface area contributed by atoms with Crippen LogP contribution < -0.4 is 0 Å². The second-order valence-electron chi connectivity index (χ2n) is 3.99. The predicted molar refractivity (Wildman–Crippen MR) is 57.1 cm³/mol. The topological polar surface area (TPSA) is 29.5 Å². The van der Waals surface area contributed by atoms with Gasteiger partial charge in [0, 0.05) is 6.61 Å². The van der Waals surface area contributed by atoms with Crippen LogP contribution in [0, 0.1) is 5.82 Å². The largest absolute Gasteiger partial charge is 0.385 e. The summed E-state index contributed by atoms with van der Waals surface area (Å²) in [5.74, 6) is -0.305. The third-order valence-corrected chi connectivity index (χ3v) is 2.36. The van der Waals surface area contributed by atoms with Gasteiger partial charge < -0.3 is 9.84 Å². The van der Waals surface area contributed by atoms with E-state index in [1.54, 1.807) is 12.1 Å². The Morgan fingerprint density at radius 3 is 2.33 bits per heavy atom. The molecule has 0 saturated heterocycles. The highest BCUT2D eigenvalue weighted by Gasteiger charge is 2.29. The molecule has 15 heavy (non-hydrogen) atoms. The summed E-state index contributed by atoms with van der Waals surface area (Å²) in [6, 6.07) is 5.81. The quantitative estimate of drug-likeness (QED) is 0.831. The lowest BCUT2D eigenvalue weighted by atomic mass is 9.94. The summed E-state index contributed by atoms with van der Waals surface area (Å²) in [5.41, 5.74) is 0.00176. The molecule has 0 fully saturated rings. The highest BCUT2D eigenvalue weighted by atomic mass is 19.1. The summed E-state index contributed by atoms with van der Waals surface area (Å²) in [6.07, 6.45) is -0.752. The predicted octanol–water partition coefficient (Wildman–Crippen LogP) is 2.67. The molecule has 0 amide bonds. The monoisotopic (exact) mass is 212 g/mol. The number of aliphatic hydroxyl groups excluding tert-OH is 1. The molecule has 0 aliphatic rings. The third kappa shape index (κ3) is 3.01. The number of hydrogen-bond donors (Lipinski definition) is 1. The molecule has 1 rings (SSSR count). The molecule has 0 aromatic heterocycles. The van der Waals surface area contributed by atoms with E-state index in [2.05, 4.69) is 0 Å². The molecule has 1 aromatic rings. The Labute approximate surface area is 89.7 Å². The van der Waals surface area contributed by atoms with Crippen molar-refractivity contribution in [1.82, 2.24) is 0 Å². The number of halogens is 1. The lowest BCUT2D eigenvalue weighted by molar-refractivity contribution is -0.0983. The van der Waals surface area contributed by atoms with E-state index in [-0.39, 0.29) is 5.82 Å².